The molecule has 2 rings (SSSR count). The van der Waals surface area contributed by atoms with Gasteiger partial charge in [0.05, 0.1) is 5.56 Å². The fraction of sp³-hybridized carbons (Fsp3) is 0. The molecule has 2 aromatic heterocycles. The van der Waals surface area contributed by atoms with E-state index in [-0.39, 0.29) is 0 Å². The average Bonchev–Trinajstić information content (AvgIpc) is 2.49. The number of hydrogen-bond donors (Lipinski definition) is 2. The topological polar surface area (TPSA) is 71.8 Å². The summed E-state index contributed by atoms with van der Waals surface area (Å²) >= 11 is 3.33. The van der Waals surface area contributed by atoms with Gasteiger partial charge >= 0.3 is 0 Å². The summed E-state index contributed by atoms with van der Waals surface area (Å²) in [5.74, 6) is -0.458. The minimum absolute atomic E-state index is 0.454. The van der Waals surface area contributed by atoms with Gasteiger partial charge in [-0.15, -0.1) is 0 Å². The summed E-state index contributed by atoms with van der Waals surface area (Å²) in [7, 11) is 0. The van der Waals surface area contributed by atoms with Crippen LogP contribution in [0.2, 0.25) is 0 Å². The number of nitrogens with two attached hydrogens (primary N) is 1. The Balaban J connectivity index is 2.86. The molecule has 0 fully saturated rings. The summed E-state index contributed by atoms with van der Waals surface area (Å²) < 4.78 is 0.813. The molecule has 0 aromatic carbocycles. The minimum Gasteiger partial charge on any atom is -0.366 e. The molecule has 0 spiro atoms. The summed E-state index contributed by atoms with van der Waals surface area (Å²) in [5.41, 5.74) is 6.30. The Kier molecular flexibility index (Phi) is 1.81. The molecular weight excluding hydrogens is 234 g/mol. The van der Waals surface area contributed by atoms with Gasteiger partial charge in [-0.25, -0.2) is 4.98 Å². The number of amides is 1. The van der Waals surface area contributed by atoms with Crippen molar-refractivity contribution < 1.29 is 4.79 Å². The quantitative estimate of drug-likeness (QED) is 0.791. The molecule has 0 saturated carbocycles. The molecule has 0 radical (unpaired) electrons. The third-order valence-electron chi connectivity index (χ3n) is 1.79. The van der Waals surface area contributed by atoms with Crippen LogP contribution in [0.1, 0.15) is 10.4 Å². The Morgan fingerprint density at radius 3 is 3.08 bits per heavy atom. The van der Waals surface area contributed by atoms with Gasteiger partial charge in [0.1, 0.15) is 5.65 Å². The number of carbonyl (C=O) groups excluding carboxylic acids is 1. The van der Waals surface area contributed by atoms with Gasteiger partial charge in [0, 0.05) is 22.3 Å². The van der Waals surface area contributed by atoms with Gasteiger partial charge in [0.2, 0.25) is 0 Å². The molecule has 0 aliphatic heterocycles. The van der Waals surface area contributed by atoms with Gasteiger partial charge in [0.25, 0.3) is 5.91 Å². The van der Waals surface area contributed by atoms with Crippen LogP contribution in [0.15, 0.2) is 22.9 Å². The van der Waals surface area contributed by atoms with Crippen LogP contribution in [0.4, 0.5) is 0 Å². The van der Waals surface area contributed by atoms with Crippen molar-refractivity contribution in [3.8, 4) is 0 Å². The van der Waals surface area contributed by atoms with Crippen molar-refractivity contribution in [2.45, 2.75) is 0 Å². The lowest BCUT2D eigenvalue weighted by Gasteiger charge is -1.94. The smallest absolute Gasteiger partial charge is 0.250 e. The molecule has 1 amide bonds. The molecule has 4 nitrogen and oxygen atoms in total. The van der Waals surface area contributed by atoms with Gasteiger partial charge in [-0.3, -0.25) is 4.79 Å². The third-order valence-corrected chi connectivity index (χ3v) is 2.45. The predicted molar refractivity (Wildman–Crippen MR) is 52.3 cm³/mol. The van der Waals surface area contributed by atoms with E-state index < -0.39 is 5.91 Å². The lowest BCUT2D eigenvalue weighted by molar-refractivity contribution is 0.100. The number of nitrogens with zero attached hydrogens (tertiary/aromatic N) is 1. The van der Waals surface area contributed by atoms with Crippen LogP contribution in [-0.2, 0) is 0 Å². The fourth-order valence-electron chi connectivity index (χ4n) is 1.21. The summed E-state index contributed by atoms with van der Waals surface area (Å²) in [6.45, 7) is 0. The highest BCUT2D eigenvalue weighted by atomic mass is 79.9. The van der Waals surface area contributed by atoms with Crippen molar-refractivity contribution in [2.24, 2.45) is 5.73 Å². The van der Waals surface area contributed by atoms with E-state index in [2.05, 4.69) is 25.9 Å². The highest BCUT2D eigenvalue weighted by Crippen LogP contribution is 2.24. The number of aromatic amines is 1. The van der Waals surface area contributed by atoms with Crippen LogP contribution < -0.4 is 5.73 Å². The zero-order valence-electron chi connectivity index (χ0n) is 6.54. The van der Waals surface area contributed by atoms with Gasteiger partial charge in [-0.2, -0.15) is 0 Å². The number of halogens is 1. The summed E-state index contributed by atoms with van der Waals surface area (Å²) in [6.07, 6.45) is 3.21. The summed E-state index contributed by atoms with van der Waals surface area (Å²) in [4.78, 5) is 17.9. The molecule has 2 aromatic rings. The van der Waals surface area contributed by atoms with Crippen LogP contribution in [0.3, 0.4) is 0 Å². The van der Waals surface area contributed by atoms with Crippen molar-refractivity contribution in [2.75, 3.05) is 0 Å². The van der Waals surface area contributed by atoms with Gasteiger partial charge in [-0.1, -0.05) is 0 Å². The van der Waals surface area contributed by atoms with Crippen LogP contribution >= 0.6 is 15.9 Å². The summed E-state index contributed by atoms with van der Waals surface area (Å²) in [6, 6.07) is 1.77. The van der Waals surface area contributed by atoms with E-state index in [0.29, 0.717) is 11.2 Å². The highest BCUT2D eigenvalue weighted by molar-refractivity contribution is 9.10. The predicted octanol–water partition coefficient (Wildman–Crippen LogP) is 1.42. The number of primary amides is 1. The third kappa shape index (κ3) is 1.21. The number of carbonyl (C=O) groups is 1. The number of H-pyrrole nitrogens is 1. The molecule has 0 aliphatic rings. The Morgan fingerprint density at radius 1 is 1.62 bits per heavy atom. The van der Waals surface area contributed by atoms with Crippen molar-refractivity contribution in [1.29, 1.82) is 0 Å². The Labute approximate surface area is 82.3 Å². The van der Waals surface area contributed by atoms with Crippen LogP contribution in [0, 0.1) is 0 Å². The maximum Gasteiger partial charge on any atom is 0.250 e. The number of rotatable bonds is 1. The maximum absolute atomic E-state index is 11.0. The molecule has 13 heavy (non-hydrogen) atoms. The Hall–Kier alpha value is -1.36. The Bertz CT molecular complexity index is 477. The monoisotopic (exact) mass is 239 g/mol. The van der Waals surface area contributed by atoms with Crippen molar-refractivity contribution >= 4 is 32.9 Å². The van der Waals surface area contributed by atoms with Crippen LogP contribution in [0.25, 0.3) is 11.0 Å². The van der Waals surface area contributed by atoms with E-state index >= 15 is 0 Å². The Morgan fingerprint density at radius 2 is 2.38 bits per heavy atom. The molecule has 0 atom stereocenters. The first-order valence-electron chi connectivity index (χ1n) is 3.61. The lowest BCUT2D eigenvalue weighted by atomic mass is 10.2. The molecular formula is C8H6BrN3O. The largest absolute Gasteiger partial charge is 0.366 e. The van der Waals surface area contributed by atoms with E-state index in [1.54, 1.807) is 18.5 Å². The molecule has 0 bridgehead atoms. The number of nitrogens with one attached hydrogen (secondary N) is 1. The van der Waals surface area contributed by atoms with Gasteiger partial charge in [-0.05, 0) is 22.0 Å². The number of pyridine rings is 1. The summed E-state index contributed by atoms with van der Waals surface area (Å²) in [5, 5.41) is 0.731. The first-order chi connectivity index (χ1) is 6.20. The molecule has 66 valence electrons. The average molecular weight is 240 g/mol. The van der Waals surface area contributed by atoms with Crippen molar-refractivity contribution in [1.82, 2.24) is 9.97 Å². The fourth-order valence-corrected chi connectivity index (χ4v) is 1.73. The van der Waals surface area contributed by atoms with Gasteiger partial charge < -0.3 is 10.7 Å². The maximum atomic E-state index is 11.0. The second-order valence-corrected chi connectivity index (χ2v) is 3.44. The van der Waals surface area contributed by atoms with Crippen molar-refractivity contribution in [3.63, 3.8) is 0 Å². The van der Waals surface area contributed by atoms with Crippen LogP contribution in [-0.4, -0.2) is 15.9 Å². The van der Waals surface area contributed by atoms with E-state index in [4.69, 9.17) is 5.73 Å². The molecule has 3 N–H and O–H groups in total. The highest BCUT2D eigenvalue weighted by Gasteiger charge is 2.11. The molecule has 0 unspecified atom stereocenters. The second kappa shape index (κ2) is 2.85. The number of fused-ring (bicyclic) bond motifs is 1. The van der Waals surface area contributed by atoms with E-state index in [9.17, 15) is 4.79 Å². The minimum atomic E-state index is -0.458. The lowest BCUT2D eigenvalue weighted by Crippen LogP contribution is -2.10. The van der Waals surface area contributed by atoms with Crippen molar-refractivity contribution in [3.05, 3.63) is 28.5 Å². The van der Waals surface area contributed by atoms with E-state index in [0.717, 1.165) is 9.86 Å². The number of aromatic nitrogens is 2. The molecule has 2 heterocycles. The molecule has 5 heteroatoms. The normalized spacial score (nSPS) is 10.5. The van der Waals surface area contributed by atoms with Gasteiger partial charge in [0.15, 0.2) is 0 Å². The second-order valence-electron chi connectivity index (χ2n) is 2.58. The first-order valence-corrected chi connectivity index (χ1v) is 4.41. The SMILES string of the molecule is NC(=O)c1c[nH]c2nccc(Br)c12. The van der Waals surface area contributed by atoms with E-state index in [1.165, 1.54) is 0 Å². The standard InChI is InChI=1S/C8H6BrN3O/c9-5-1-2-11-8-6(5)4(3-12-8)7(10)13/h1-3H,(H2,10,13)(H,11,12). The van der Waals surface area contributed by atoms with Crippen LogP contribution in [0.5, 0.6) is 0 Å². The zero-order valence-corrected chi connectivity index (χ0v) is 8.13. The zero-order chi connectivity index (χ0) is 9.42. The molecule has 0 aliphatic carbocycles. The molecule has 0 saturated heterocycles. The first kappa shape index (κ1) is 8.25. The number of hydrogen-bond acceptors (Lipinski definition) is 2. The van der Waals surface area contributed by atoms with E-state index in [1.807, 2.05) is 0 Å².